The van der Waals surface area contributed by atoms with Crippen LogP contribution in [0.15, 0.2) is 23.1 Å². The van der Waals surface area contributed by atoms with E-state index in [0.29, 0.717) is 0 Å². The molecule has 0 aliphatic heterocycles. The molecule has 12 heavy (non-hydrogen) atoms. The molecule has 62 valence electrons. The van der Waals surface area contributed by atoms with E-state index in [1.54, 1.807) is 11.8 Å². The maximum Gasteiger partial charge on any atom is 0.0992 e. The molecule has 1 rings (SSSR count). The van der Waals surface area contributed by atoms with Crippen LogP contribution >= 0.6 is 11.8 Å². The second-order valence-electron chi connectivity index (χ2n) is 2.53. The van der Waals surface area contributed by atoms with E-state index in [-0.39, 0.29) is 0 Å². The van der Waals surface area contributed by atoms with E-state index >= 15 is 0 Å². The SMILES string of the molecule is CCSc1cc(C#N)ccc1C. The molecule has 0 aliphatic carbocycles. The Labute approximate surface area is 77.4 Å². The predicted octanol–water partition coefficient (Wildman–Crippen LogP) is 2.98. The largest absolute Gasteiger partial charge is 0.192 e. The number of benzene rings is 1. The molecule has 0 N–H and O–H groups in total. The fourth-order valence-electron chi connectivity index (χ4n) is 0.981. The van der Waals surface area contributed by atoms with Crippen LogP contribution in [-0.4, -0.2) is 5.75 Å². The summed E-state index contributed by atoms with van der Waals surface area (Å²) in [6.07, 6.45) is 0. The van der Waals surface area contributed by atoms with Crippen LogP contribution in [0.1, 0.15) is 18.1 Å². The lowest BCUT2D eigenvalue weighted by atomic mass is 10.2. The fourth-order valence-corrected chi connectivity index (χ4v) is 1.80. The molecule has 0 aliphatic rings. The first kappa shape index (κ1) is 9.15. The molecule has 0 heterocycles. The number of nitrogens with zero attached hydrogens (tertiary/aromatic N) is 1. The molecule has 0 atom stereocenters. The Hall–Kier alpha value is -0.940. The molecule has 0 bridgehead atoms. The lowest BCUT2D eigenvalue weighted by molar-refractivity contribution is 1.28. The van der Waals surface area contributed by atoms with E-state index in [1.165, 1.54) is 10.5 Å². The van der Waals surface area contributed by atoms with E-state index in [4.69, 9.17) is 5.26 Å². The van der Waals surface area contributed by atoms with Gasteiger partial charge in [0, 0.05) is 4.90 Å². The zero-order valence-corrected chi connectivity index (χ0v) is 8.11. The predicted molar refractivity (Wildman–Crippen MR) is 52.3 cm³/mol. The zero-order chi connectivity index (χ0) is 8.97. The molecule has 1 nitrogen and oxygen atoms in total. The van der Waals surface area contributed by atoms with Gasteiger partial charge in [-0.3, -0.25) is 0 Å². The molecular weight excluding hydrogens is 166 g/mol. The summed E-state index contributed by atoms with van der Waals surface area (Å²) in [6, 6.07) is 7.94. The fraction of sp³-hybridized carbons (Fsp3) is 0.300. The smallest absolute Gasteiger partial charge is 0.0992 e. The Morgan fingerprint density at radius 3 is 2.83 bits per heavy atom. The van der Waals surface area contributed by atoms with Gasteiger partial charge in [0.25, 0.3) is 0 Å². The molecule has 1 aromatic carbocycles. The summed E-state index contributed by atoms with van der Waals surface area (Å²) in [7, 11) is 0. The van der Waals surface area contributed by atoms with Crippen LogP contribution in [0.3, 0.4) is 0 Å². The molecule has 0 radical (unpaired) electrons. The zero-order valence-electron chi connectivity index (χ0n) is 7.29. The number of hydrogen-bond acceptors (Lipinski definition) is 2. The van der Waals surface area contributed by atoms with Crippen molar-refractivity contribution in [1.82, 2.24) is 0 Å². The Morgan fingerprint density at radius 1 is 1.50 bits per heavy atom. The molecule has 0 fully saturated rings. The van der Waals surface area contributed by atoms with Gasteiger partial charge in [0.2, 0.25) is 0 Å². The molecule has 0 spiro atoms. The highest BCUT2D eigenvalue weighted by atomic mass is 32.2. The summed E-state index contributed by atoms with van der Waals surface area (Å²) >= 11 is 1.78. The Balaban J connectivity index is 3.01. The van der Waals surface area contributed by atoms with Crippen molar-refractivity contribution < 1.29 is 0 Å². The first-order valence-electron chi connectivity index (χ1n) is 3.91. The summed E-state index contributed by atoms with van der Waals surface area (Å²) in [5.41, 5.74) is 2.00. The highest BCUT2D eigenvalue weighted by Gasteiger charge is 1.98. The average molecular weight is 177 g/mol. The summed E-state index contributed by atoms with van der Waals surface area (Å²) in [5.74, 6) is 1.05. The third-order valence-electron chi connectivity index (χ3n) is 1.62. The van der Waals surface area contributed by atoms with Crippen molar-refractivity contribution in [2.24, 2.45) is 0 Å². The number of hydrogen-bond donors (Lipinski definition) is 0. The van der Waals surface area contributed by atoms with E-state index in [1.807, 2.05) is 18.2 Å². The number of aryl methyl sites for hydroxylation is 1. The quantitative estimate of drug-likeness (QED) is 0.648. The first-order valence-corrected chi connectivity index (χ1v) is 4.90. The van der Waals surface area contributed by atoms with Gasteiger partial charge in [-0.25, -0.2) is 0 Å². The second kappa shape index (κ2) is 4.18. The van der Waals surface area contributed by atoms with E-state index in [2.05, 4.69) is 19.9 Å². The van der Waals surface area contributed by atoms with Gasteiger partial charge >= 0.3 is 0 Å². The lowest BCUT2D eigenvalue weighted by Crippen LogP contribution is -1.82. The van der Waals surface area contributed by atoms with E-state index in [9.17, 15) is 0 Å². The monoisotopic (exact) mass is 177 g/mol. The van der Waals surface area contributed by atoms with Gasteiger partial charge in [-0.05, 0) is 30.4 Å². The third kappa shape index (κ3) is 2.02. The minimum atomic E-state index is 0.747. The van der Waals surface area contributed by atoms with Gasteiger partial charge < -0.3 is 0 Å². The average Bonchev–Trinajstić information content (AvgIpc) is 2.09. The van der Waals surface area contributed by atoms with Crippen LogP contribution in [0.5, 0.6) is 0 Å². The first-order chi connectivity index (χ1) is 5.77. The summed E-state index contributed by atoms with van der Waals surface area (Å²) in [4.78, 5) is 1.22. The number of rotatable bonds is 2. The minimum Gasteiger partial charge on any atom is -0.192 e. The second-order valence-corrected chi connectivity index (χ2v) is 3.83. The van der Waals surface area contributed by atoms with Crippen molar-refractivity contribution in [1.29, 1.82) is 5.26 Å². The topological polar surface area (TPSA) is 23.8 Å². The van der Waals surface area contributed by atoms with Crippen LogP contribution in [0.4, 0.5) is 0 Å². The standard InChI is InChI=1S/C10H11NS/c1-3-12-10-6-9(7-11)5-4-8(10)2/h4-6H,3H2,1-2H3. The van der Waals surface area contributed by atoms with Gasteiger partial charge in [-0.15, -0.1) is 11.8 Å². The van der Waals surface area contributed by atoms with Gasteiger partial charge in [-0.1, -0.05) is 13.0 Å². The minimum absolute atomic E-state index is 0.747. The van der Waals surface area contributed by atoms with Crippen molar-refractivity contribution in [3.8, 4) is 6.07 Å². The van der Waals surface area contributed by atoms with Crippen molar-refractivity contribution in [2.45, 2.75) is 18.7 Å². The van der Waals surface area contributed by atoms with Gasteiger partial charge in [0.1, 0.15) is 0 Å². The van der Waals surface area contributed by atoms with Crippen LogP contribution in [0.2, 0.25) is 0 Å². The Bertz CT molecular complexity index is 312. The van der Waals surface area contributed by atoms with Gasteiger partial charge in [0.15, 0.2) is 0 Å². The van der Waals surface area contributed by atoms with Crippen LogP contribution in [0, 0.1) is 18.3 Å². The maximum absolute atomic E-state index is 8.66. The summed E-state index contributed by atoms with van der Waals surface area (Å²) < 4.78 is 0. The lowest BCUT2D eigenvalue weighted by Gasteiger charge is -2.02. The third-order valence-corrected chi connectivity index (χ3v) is 2.66. The maximum atomic E-state index is 8.66. The normalized spacial score (nSPS) is 9.42. The molecule has 2 heteroatoms. The van der Waals surface area contributed by atoms with Crippen LogP contribution in [-0.2, 0) is 0 Å². The summed E-state index contributed by atoms with van der Waals surface area (Å²) in [6.45, 7) is 4.18. The van der Waals surface area contributed by atoms with Crippen LogP contribution < -0.4 is 0 Å². The van der Waals surface area contributed by atoms with Crippen molar-refractivity contribution in [3.63, 3.8) is 0 Å². The van der Waals surface area contributed by atoms with Crippen molar-refractivity contribution in [2.75, 3.05) is 5.75 Å². The molecule has 0 aromatic heterocycles. The van der Waals surface area contributed by atoms with Crippen molar-refractivity contribution in [3.05, 3.63) is 29.3 Å². The van der Waals surface area contributed by atoms with E-state index < -0.39 is 0 Å². The summed E-state index contributed by atoms with van der Waals surface area (Å²) in [5, 5.41) is 8.66. The van der Waals surface area contributed by atoms with Gasteiger partial charge in [-0.2, -0.15) is 5.26 Å². The molecule has 1 aromatic rings. The Kier molecular flexibility index (Phi) is 3.19. The van der Waals surface area contributed by atoms with E-state index in [0.717, 1.165) is 11.3 Å². The molecule has 0 saturated carbocycles. The molecule has 0 saturated heterocycles. The van der Waals surface area contributed by atoms with Gasteiger partial charge in [0.05, 0.1) is 11.6 Å². The highest BCUT2D eigenvalue weighted by Crippen LogP contribution is 2.22. The van der Waals surface area contributed by atoms with Crippen molar-refractivity contribution >= 4 is 11.8 Å². The van der Waals surface area contributed by atoms with Crippen LogP contribution in [0.25, 0.3) is 0 Å². The molecule has 0 unspecified atom stereocenters. The Morgan fingerprint density at radius 2 is 2.25 bits per heavy atom. The number of nitriles is 1. The highest BCUT2D eigenvalue weighted by molar-refractivity contribution is 7.99. The number of thioether (sulfide) groups is 1. The molecule has 0 amide bonds. The molecular formula is C10H11NS.